The number of hydrogen-bond acceptors (Lipinski definition) is 4. The van der Waals surface area contributed by atoms with Gasteiger partial charge >= 0.3 is 5.97 Å². The van der Waals surface area contributed by atoms with Gasteiger partial charge in [-0.2, -0.15) is 0 Å². The van der Waals surface area contributed by atoms with Gasteiger partial charge in [-0.3, -0.25) is 4.90 Å². The zero-order valence-corrected chi connectivity index (χ0v) is 11.7. The first-order chi connectivity index (χ1) is 9.63. The first-order valence-corrected chi connectivity index (χ1v) is 6.65. The third-order valence-corrected chi connectivity index (χ3v) is 3.27. The first-order valence-electron chi connectivity index (χ1n) is 6.65. The number of carbonyl (C=O) groups is 1. The van der Waals surface area contributed by atoms with Crippen molar-refractivity contribution in [1.82, 2.24) is 10.1 Å². The minimum absolute atomic E-state index is 0.146. The first kappa shape index (κ1) is 14.3. The molecule has 1 aromatic heterocycles. The SMILES string of the molecule is CCN(CC)Cc1ccc(-c2cc(C(=O)O)on2)cc1. The van der Waals surface area contributed by atoms with Crippen molar-refractivity contribution < 1.29 is 14.4 Å². The molecule has 0 spiro atoms. The van der Waals surface area contributed by atoms with Crippen molar-refractivity contribution >= 4 is 5.97 Å². The Hall–Kier alpha value is -2.14. The molecule has 20 heavy (non-hydrogen) atoms. The maximum Gasteiger partial charge on any atom is 0.374 e. The third kappa shape index (κ3) is 3.24. The fraction of sp³-hybridized carbons (Fsp3) is 0.333. The molecule has 106 valence electrons. The summed E-state index contributed by atoms with van der Waals surface area (Å²) in [6, 6.07) is 9.36. The van der Waals surface area contributed by atoms with Crippen molar-refractivity contribution in [3.63, 3.8) is 0 Å². The van der Waals surface area contributed by atoms with Crippen molar-refractivity contribution in [3.8, 4) is 11.3 Å². The van der Waals surface area contributed by atoms with E-state index >= 15 is 0 Å². The van der Waals surface area contributed by atoms with Gasteiger partial charge in [-0.1, -0.05) is 43.3 Å². The third-order valence-electron chi connectivity index (χ3n) is 3.27. The topological polar surface area (TPSA) is 66.6 Å². The molecule has 2 rings (SSSR count). The second-order valence-electron chi connectivity index (χ2n) is 4.54. The summed E-state index contributed by atoms with van der Waals surface area (Å²) in [6.45, 7) is 7.22. The quantitative estimate of drug-likeness (QED) is 0.877. The van der Waals surface area contributed by atoms with E-state index in [1.54, 1.807) is 0 Å². The molecular weight excluding hydrogens is 256 g/mol. The van der Waals surface area contributed by atoms with Crippen molar-refractivity contribution in [1.29, 1.82) is 0 Å². The van der Waals surface area contributed by atoms with E-state index in [1.165, 1.54) is 11.6 Å². The standard InChI is InChI=1S/C15H18N2O3/c1-3-17(4-2)10-11-5-7-12(8-6-11)13-9-14(15(18)19)20-16-13/h5-9H,3-4,10H2,1-2H3,(H,18,19). The van der Waals surface area contributed by atoms with E-state index in [-0.39, 0.29) is 5.76 Å². The molecule has 0 aliphatic heterocycles. The molecule has 0 aliphatic rings. The van der Waals surface area contributed by atoms with Crippen LogP contribution in [0.2, 0.25) is 0 Å². The van der Waals surface area contributed by atoms with Gasteiger partial charge in [0.15, 0.2) is 0 Å². The van der Waals surface area contributed by atoms with Gasteiger partial charge in [-0.25, -0.2) is 4.79 Å². The fourth-order valence-corrected chi connectivity index (χ4v) is 2.00. The minimum Gasteiger partial charge on any atom is -0.475 e. The van der Waals surface area contributed by atoms with Crippen LogP contribution in [0.1, 0.15) is 30.0 Å². The summed E-state index contributed by atoms with van der Waals surface area (Å²) in [7, 11) is 0. The Bertz CT molecular complexity index is 571. The predicted octanol–water partition coefficient (Wildman–Crippen LogP) is 2.88. The van der Waals surface area contributed by atoms with Crippen molar-refractivity contribution in [2.75, 3.05) is 13.1 Å². The van der Waals surface area contributed by atoms with Crippen LogP contribution < -0.4 is 0 Å². The van der Waals surface area contributed by atoms with E-state index in [0.29, 0.717) is 5.69 Å². The smallest absolute Gasteiger partial charge is 0.374 e. The molecule has 1 N–H and O–H groups in total. The summed E-state index contributed by atoms with van der Waals surface area (Å²) < 4.78 is 4.75. The van der Waals surface area contributed by atoms with Gasteiger partial charge in [0.25, 0.3) is 0 Å². The van der Waals surface area contributed by atoms with Gasteiger partial charge < -0.3 is 9.63 Å². The highest BCUT2D eigenvalue weighted by atomic mass is 16.5. The van der Waals surface area contributed by atoms with Crippen LogP contribution in [0.3, 0.4) is 0 Å². The van der Waals surface area contributed by atoms with Crippen LogP contribution in [0.15, 0.2) is 34.9 Å². The number of hydrogen-bond donors (Lipinski definition) is 1. The van der Waals surface area contributed by atoms with Gasteiger partial charge in [0.2, 0.25) is 5.76 Å². The van der Waals surface area contributed by atoms with Crippen LogP contribution in [-0.2, 0) is 6.54 Å². The minimum atomic E-state index is -1.11. The zero-order valence-electron chi connectivity index (χ0n) is 11.7. The number of rotatable bonds is 6. The lowest BCUT2D eigenvalue weighted by atomic mass is 10.1. The molecule has 0 radical (unpaired) electrons. The molecule has 0 aliphatic carbocycles. The van der Waals surface area contributed by atoms with E-state index in [0.717, 1.165) is 25.2 Å². The summed E-state index contributed by atoms with van der Waals surface area (Å²) >= 11 is 0. The second kappa shape index (κ2) is 6.34. The summed E-state index contributed by atoms with van der Waals surface area (Å²) in [5.74, 6) is -1.26. The molecule has 0 unspecified atom stereocenters. The Morgan fingerprint density at radius 2 is 1.90 bits per heavy atom. The van der Waals surface area contributed by atoms with Gasteiger partial charge in [0, 0.05) is 18.2 Å². The lowest BCUT2D eigenvalue weighted by molar-refractivity contribution is 0.0652. The molecule has 0 bridgehead atoms. The maximum absolute atomic E-state index is 10.7. The van der Waals surface area contributed by atoms with Crippen LogP contribution in [0, 0.1) is 0 Å². The number of nitrogens with zero attached hydrogens (tertiary/aromatic N) is 2. The predicted molar refractivity (Wildman–Crippen MR) is 75.5 cm³/mol. The van der Waals surface area contributed by atoms with Crippen LogP contribution in [0.5, 0.6) is 0 Å². The number of aromatic nitrogens is 1. The molecule has 5 nitrogen and oxygen atoms in total. The molecule has 5 heteroatoms. The molecule has 0 saturated carbocycles. The molecule has 1 heterocycles. The van der Waals surface area contributed by atoms with Crippen LogP contribution in [0.4, 0.5) is 0 Å². The van der Waals surface area contributed by atoms with Crippen LogP contribution >= 0.6 is 0 Å². The fourth-order valence-electron chi connectivity index (χ4n) is 2.00. The summed E-state index contributed by atoms with van der Waals surface area (Å²) in [5.41, 5.74) is 2.61. The van der Waals surface area contributed by atoms with E-state index in [2.05, 4.69) is 23.9 Å². The van der Waals surface area contributed by atoms with Gasteiger partial charge in [0.05, 0.1) is 0 Å². The molecular formula is C15H18N2O3. The maximum atomic E-state index is 10.7. The van der Waals surface area contributed by atoms with Crippen LogP contribution in [-0.4, -0.2) is 34.2 Å². The van der Waals surface area contributed by atoms with Crippen molar-refractivity contribution in [2.24, 2.45) is 0 Å². The average molecular weight is 274 g/mol. The lowest BCUT2D eigenvalue weighted by Crippen LogP contribution is -2.21. The highest BCUT2D eigenvalue weighted by molar-refractivity contribution is 5.85. The number of benzene rings is 1. The molecule has 0 fully saturated rings. The van der Waals surface area contributed by atoms with E-state index in [4.69, 9.17) is 9.63 Å². The zero-order chi connectivity index (χ0) is 14.5. The van der Waals surface area contributed by atoms with E-state index in [9.17, 15) is 4.79 Å². The summed E-state index contributed by atoms with van der Waals surface area (Å²) in [4.78, 5) is 13.1. The molecule has 2 aromatic rings. The van der Waals surface area contributed by atoms with Gasteiger partial charge in [-0.15, -0.1) is 0 Å². The highest BCUT2D eigenvalue weighted by Crippen LogP contribution is 2.20. The van der Waals surface area contributed by atoms with Gasteiger partial charge in [0.1, 0.15) is 5.69 Å². The van der Waals surface area contributed by atoms with Gasteiger partial charge in [-0.05, 0) is 18.7 Å². The lowest BCUT2D eigenvalue weighted by Gasteiger charge is -2.17. The van der Waals surface area contributed by atoms with Crippen molar-refractivity contribution in [2.45, 2.75) is 20.4 Å². The normalized spacial score (nSPS) is 10.9. The molecule has 0 saturated heterocycles. The monoisotopic (exact) mass is 274 g/mol. The average Bonchev–Trinajstić information content (AvgIpc) is 2.95. The second-order valence-corrected chi connectivity index (χ2v) is 4.54. The highest BCUT2D eigenvalue weighted by Gasteiger charge is 2.12. The molecule has 0 amide bonds. The van der Waals surface area contributed by atoms with Crippen molar-refractivity contribution in [3.05, 3.63) is 41.7 Å². The largest absolute Gasteiger partial charge is 0.475 e. The Morgan fingerprint density at radius 1 is 1.25 bits per heavy atom. The summed E-state index contributed by atoms with van der Waals surface area (Å²) in [6.07, 6.45) is 0. The molecule has 1 aromatic carbocycles. The van der Waals surface area contributed by atoms with E-state index in [1.807, 2.05) is 24.3 Å². The Kier molecular flexibility index (Phi) is 4.53. The molecule has 0 atom stereocenters. The Labute approximate surface area is 117 Å². The Morgan fingerprint density at radius 3 is 2.40 bits per heavy atom. The number of carboxylic acid groups (broad SMARTS) is 1. The number of aromatic carboxylic acids is 1. The number of carboxylic acids is 1. The van der Waals surface area contributed by atoms with E-state index < -0.39 is 5.97 Å². The summed E-state index contributed by atoms with van der Waals surface area (Å²) in [5, 5.41) is 12.6. The van der Waals surface area contributed by atoms with Crippen LogP contribution in [0.25, 0.3) is 11.3 Å². The Balaban J connectivity index is 2.12.